The number of carbonyl (C=O) groups is 1. The Hall–Kier alpha value is -1.63. The standard InChI is InChI=1S/C12H16N2O4S/c1-18-12-3-2-10(7-13-12)14-11(15)6-9-4-5-19(16,17)8-9/h2-3,7,9H,4-6,8H2,1H3,(H,14,15)/t9-/m1/s1. The highest BCUT2D eigenvalue weighted by atomic mass is 32.2. The van der Waals surface area contributed by atoms with Gasteiger partial charge in [-0.05, 0) is 18.4 Å². The highest BCUT2D eigenvalue weighted by molar-refractivity contribution is 7.91. The van der Waals surface area contributed by atoms with Crippen LogP contribution in [0.4, 0.5) is 5.69 Å². The average Bonchev–Trinajstić information content (AvgIpc) is 2.69. The molecule has 0 radical (unpaired) electrons. The normalized spacial score (nSPS) is 21.0. The molecular weight excluding hydrogens is 268 g/mol. The first-order valence-corrected chi connectivity index (χ1v) is 7.81. The van der Waals surface area contributed by atoms with Crippen LogP contribution in [-0.4, -0.2) is 37.9 Å². The fraction of sp³-hybridized carbons (Fsp3) is 0.500. The van der Waals surface area contributed by atoms with Gasteiger partial charge in [0.1, 0.15) is 0 Å². The van der Waals surface area contributed by atoms with E-state index in [1.807, 2.05) is 0 Å². The van der Waals surface area contributed by atoms with Gasteiger partial charge in [-0.15, -0.1) is 0 Å². The minimum atomic E-state index is -2.93. The summed E-state index contributed by atoms with van der Waals surface area (Å²) in [6, 6.07) is 3.34. The van der Waals surface area contributed by atoms with Crippen LogP contribution in [0.25, 0.3) is 0 Å². The Balaban J connectivity index is 1.87. The first-order chi connectivity index (χ1) is 8.98. The Morgan fingerprint density at radius 1 is 1.53 bits per heavy atom. The maximum Gasteiger partial charge on any atom is 0.224 e. The zero-order chi connectivity index (χ0) is 13.9. The topological polar surface area (TPSA) is 85.4 Å². The smallest absolute Gasteiger partial charge is 0.224 e. The Kier molecular flexibility index (Phi) is 4.04. The number of carbonyl (C=O) groups excluding carboxylic acids is 1. The van der Waals surface area contributed by atoms with Gasteiger partial charge in [-0.3, -0.25) is 4.79 Å². The molecule has 1 aromatic rings. The molecule has 1 aliphatic heterocycles. The van der Waals surface area contributed by atoms with Crippen LogP contribution in [0.15, 0.2) is 18.3 Å². The molecule has 1 N–H and O–H groups in total. The van der Waals surface area contributed by atoms with Crippen molar-refractivity contribution in [1.82, 2.24) is 4.98 Å². The third-order valence-electron chi connectivity index (χ3n) is 3.03. The number of aromatic nitrogens is 1. The second-order valence-electron chi connectivity index (χ2n) is 4.61. The number of anilines is 1. The third-order valence-corrected chi connectivity index (χ3v) is 4.87. The molecule has 0 bridgehead atoms. The van der Waals surface area contributed by atoms with Crippen molar-refractivity contribution in [3.8, 4) is 5.88 Å². The lowest BCUT2D eigenvalue weighted by atomic mass is 10.1. The van der Waals surface area contributed by atoms with E-state index in [0.717, 1.165) is 0 Å². The van der Waals surface area contributed by atoms with Crippen molar-refractivity contribution in [2.75, 3.05) is 23.9 Å². The molecule has 0 unspecified atom stereocenters. The van der Waals surface area contributed by atoms with Gasteiger partial charge in [0.15, 0.2) is 9.84 Å². The van der Waals surface area contributed by atoms with Crippen molar-refractivity contribution >= 4 is 21.4 Å². The molecule has 6 nitrogen and oxygen atoms in total. The molecule has 1 atom stereocenters. The van der Waals surface area contributed by atoms with E-state index in [4.69, 9.17) is 4.74 Å². The summed E-state index contributed by atoms with van der Waals surface area (Å²) < 4.78 is 27.5. The van der Waals surface area contributed by atoms with E-state index in [1.165, 1.54) is 13.3 Å². The molecule has 7 heteroatoms. The summed E-state index contributed by atoms with van der Waals surface area (Å²) in [7, 11) is -1.42. The predicted molar refractivity (Wildman–Crippen MR) is 70.8 cm³/mol. The van der Waals surface area contributed by atoms with E-state index in [-0.39, 0.29) is 29.8 Å². The van der Waals surface area contributed by atoms with Gasteiger partial charge in [-0.25, -0.2) is 13.4 Å². The molecule has 1 saturated heterocycles. The van der Waals surface area contributed by atoms with Crippen molar-refractivity contribution < 1.29 is 17.9 Å². The summed E-state index contributed by atoms with van der Waals surface area (Å²) in [4.78, 5) is 15.7. The highest BCUT2D eigenvalue weighted by Gasteiger charge is 2.29. The number of rotatable bonds is 4. The number of sulfone groups is 1. The van der Waals surface area contributed by atoms with E-state index in [1.54, 1.807) is 12.1 Å². The van der Waals surface area contributed by atoms with Gasteiger partial charge in [0.25, 0.3) is 0 Å². The number of amides is 1. The summed E-state index contributed by atoms with van der Waals surface area (Å²) in [6.45, 7) is 0. The van der Waals surface area contributed by atoms with Gasteiger partial charge in [0.05, 0.1) is 30.5 Å². The maximum absolute atomic E-state index is 11.8. The van der Waals surface area contributed by atoms with Crippen LogP contribution in [0.1, 0.15) is 12.8 Å². The van der Waals surface area contributed by atoms with Crippen molar-refractivity contribution in [3.63, 3.8) is 0 Å². The molecule has 2 rings (SSSR count). The van der Waals surface area contributed by atoms with E-state index in [2.05, 4.69) is 10.3 Å². The monoisotopic (exact) mass is 284 g/mol. The molecule has 19 heavy (non-hydrogen) atoms. The SMILES string of the molecule is COc1ccc(NC(=O)C[C@H]2CCS(=O)(=O)C2)cn1. The summed E-state index contributed by atoms with van der Waals surface area (Å²) in [6.07, 6.45) is 2.30. The molecule has 0 spiro atoms. The number of hydrogen-bond acceptors (Lipinski definition) is 5. The lowest BCUT2D eigenvalue weighted by molar-refractivity contribution is -0.116. The Morgan fingerprint density at radius 2 is 2.32 bits per heavy atom. The van der Waals surface area contributed by atoms with Gasteiger partial charge < -0.3 is 10.1 Å². The van der Waals surface area contributed by atoms with Gasteiger partial charge in [0, 0.05) is 12.5 Å². The maximum atomic E-state index is 11.8. The Morgan fingerprint density at radius 3 is 2.84 bits per heavy atom. The third kappa shape index (κ3) is 3.92. The fourth-order valence-corrected chi connectivity index (χ4v) is 3.94. The summed E-state index contributed by atoms with van der Waals surface area (Å²) in [5.41, 5.74) is 0.576. The molecule has 1 fully saturated rings. The molecule has 1 aliphatic rings. The quantitative estimate of drug-likeness (QED) is 0.886. The van der Waals surface area contributed by atoms with E-state index < -0.39 is 9.84 Å². The predicted octanol–water partition coefficient (Wildman–Crippen LogP) is 0.853. The number of pyridine rings is 1. The second kappa shape index (κ2) is 5.56. The fourth-order valence-electron chi connectivity index (χ4n) is 2.08. The molecule has 2 heterocycles. The van der Waals surface area contributed by atoms with Crippen LogP contribution < -0.4 is 10.1 Å². The van der Waals surface area contributed by atoms with Crippen LogP contribution in [0.3, 0.4) is 0 Å². The number of ether oxygens (including phenoxy) is 1. The molecule has 1 amide bonds. The van der Waals surface area contributed by atoms with Crippen molar-refractivity contribution in [2.45, 2.75) is 12.8 Å². The van der Waals surface area contributed by atoms with Gasteiger partial charge in [-0.2, -0.15) is 0 Å². The lowest BCUT2D eigenvalue weighted by Gasteiger charge is -2.08. The molecule has 0 saturated carbocycles. The number of nitrogens with one attached hydrogen (secondary N) is 1. The van der Waals surface area contributed by atoms with Crippen molar-refractivity contribution in [3.05, 3.63) is 18.3 Å². The highest BCUT2D eigenvalue weighted by Crippen LogP contribution is 2.22. The summed E-state index contributed by atoms with van der Waals surface area (Å²) in [5.74, 6) is 0.515. The van der Waals surface area contributed by atoms with Crippen LogP contribution in [-0.2, 0) is 14.6 Å². The van der Waals surface area contributed by atoms with Crippen molar-refractivity contribution in [2.24, 2.45) is 5.92 Å². The first kappa shape index (κ1) is 13.8. The first-order valence-electron chi connectivity index (χ1n) is 5.99. The Labute approximate surface area is 112 Å². The number of hydrogen-bond donors (Lipinski definition) is 1. The largest absolute Gasteiger partial charge is 0.481 e. The molecule has 1 aromatic heterocycles. The summed E-state index contributed by atoms with van der Waals surface area (Å²) in [5, 5.41) is 2.70. The van der Waals surface area contributed by atoms with Crippen LogP contribution in [0, 0.1) is 5.92 Å². The minimum absolute atomic E-state index is 0.0730. The lowest BCUT2D eigenvalue weighted by Crippen LogP contribution is -2.17. The number of nitrogens with zero attached hydrogens (tertiary/aromatic N) is 1. The molecular formula is C12H16N2O4S. The van der Waals surface area contributed by atoms with Gasteiger partial charge >= 0.3 is 0 Å². The zero-order valence-electron chi connectivity index (χ0n) is 10.6. The van der Waals surface area contributed by atoms with E-state index in [9.17, 15) is 13.2 Å². The second-order valence-corrected chi connectivity index (χ2v) is 6.84. The molecule has 0 aliphatic carbocycles. The van der Waals surface area contributed by atoms with E-state index in [0.29, 0.717) is 18.0 Å². The molecule has 0 aromatic carbocycles. The van der Waals surface area contributed by atoms with Crippen molar-refractivity contribution in [1.29, 1.82) is 0 Å². The van der Waals surface area contributed by atoms with Crippen LogP contribution in [0.2, 0.25) is 0 Å². The molecule has 104 valence electrons. The Bertz CT molecular complexity index is 554. The van der Waals surface area contributed by atoms with Gasteiger partial charge in [0.2, 0.25) is 11.8 Å². The van der Waals surface area contributed by atoms with E-state index >= 15 is 0 Å². The summed E-state index contributed by atoms with van der Waals surface area (Å²) >= 11 is 0. The average molecular weight is 284 g/mol. The van der Waals surface area contributed by atoms with Gasteiger partial charge in [-0.1, -0.05) is 0 Å². The van der Waals surface area contributed by atoms with Crippen LogP contribution in [0.5, 0.6) is 5.88 Å². The number of methoxy groups -OCH3 is 1. The zero-order valence-corrected chi connectivity index (χ0v) is 11.4. The van der Waals surface area contributed by atoms with Crippen LogP contribution >= 0.6 is 0 Å². The minimum Gasteiger partial charge on any atom is -0.481 e.